The minimum atomic E-state index is -0.322. The number of hydrogen-bond acceptors (Lipinski definition) is 4. The Balaban J connectivity index is 1.34. The topological polar surface area (TPSA) is 50.8 Å². The summed E-state index contributed by atoms with van der Waals surface area (Å²) in [6, 6.07) is 18.1. The van der Waals surface area contributed by atoms with Gasteiger partial charge in [0.15, 0.2) is 6.79 Å². The molecule has 3 aromatic carbocycles. The molecule has 176 valence electrons. The van der Waals surface area contributed by atoms with E-state index in [2.05, 4.69) is 22.3 Å². The monoisotopic (exact) mass is 480 g/mol. The summed E-state index contributed by atoms with van der Waals surface area (Å²) in [7, 11) is 0. The third-order valence-corrected chi connectivity index (χ3v) is 6.62. The van der Waals surface area contributed by atoms with Crippen molar-refractivity contribution in [2.75, 3.05) is 13.3 Å². The smallest absolute Gasteiger partial charge is 0.237 e. The molecule has 0 radical (unpaired) electrons. The zero-order chi connectivity index (χ0) is 23.5. The number of nitrogens with one attached hydrogen (secondary N) is 1. The number of amides is 1. The molecule has 2 aliphatic rings. The first kappa shape index (κ1) is 22.8. The van der Waals surface area contributed by atoms with Gasteiger partial charge in [-0.05, 0) is 53.8 Å². The van der Waals surface area contributed by atoms with Gasteiger partial charge in [-0.2, -0.15) is 0 Å². The molecule has 0 aromatic heterocycles. The predicted octanol–water partition coefficient (Wildman–Crippen LogP) is 4.63. The maximum Gasteiger partial charge on any atom is 0.237 e. The van der Waals surface area contributed by atoms with Gasteiger partial charge < -0.3 is 14.8 Å². The van der Waals surface area contributed by atoms with Gasteiger partial charge in [0.1, 0.15) is 11.6 Å². The highest BCUT2D eigenvalue weighted by Gasteiger charge is 2.32. The van der Waals surface area contributed by atoms with E-state index in [1.165, 1.54) is 23.3 Å². The van der Waals surface area contributed by atoms with Crippen LogP contribution in [0.5, 0.6) is 5.75 Å². The fraction of sp³-hybridized carbons (Fsp3) is 0.296. The van der Waals surface area contributed by atoms with E-state index in [0.717, 1.165) is 22.4 Å². The summed E-state index contributed by atoms with van der Waals surface area (Å²) in [6.45, 7) is 2.34. The van der Waals surface area contributed by atoms with E-state index in [0.29, 0.717) is 44.1 Å². The van der Waals surface area contributed by atoms with E-state index >= 15 is 0 Å². The Hall–Kier alpha value is -2.93. The highest BCUT2D eigenvalue weighted by atomic mass is 35.5. The number of carbonyl (C=O) groups is 1. The average Bonchev–Trinajstić information content (AvgIpc) is 2.84. The van der Waals surface area contributed by atoms with Crippen molar-refractivity contribution in [2.45, 2.75) is 38.6 Å². The number of nitrogens with zero attached hydrogens (tertiary/aromatic N) is 1. The molecule has 7 heteroatoms. The van der Waals surface area contributed by atoms with Crippen molar-refractivity contribution in [2.24, 2.45) is 0 Å². The summed E-state index contributed by atoms with van der Waals surface area (Å²) in [5, 5.41) is 3.71. The Morgan fingerprint density at radius 1 is 1.09 bits per heavy atom. The van der Waals surface area contributed by atoms with Crippen molar-refractivity contribution >= 4 is 17.5 Å². The molecule has 5 rings (SSSR count). The maximum absolute atomic E-state index is 13.3. The lowest BCUT2D eigenvalue weighted by Gasteiger charge is -2.36. The van der Waals surface area contributed by atoms with Crippen molar-refractivity contribution < 1.29 is 18.7 Å². The summed E-state index contributed by atoms with van der Waals surface area (Å²) in [6.07, 6.45) is 1.27. The van der Waals surface area contributed by atoms with Crippen LogP contribution in [-0.4, -0.2) is 30.2 Å². The van der Waals surface area contributed by atoms with E-state index < -0.39 is 0 Å². The summed E-state index contributed by atoms with van der Waals surface area (Å²) in [4.78, 5) is 15.5. The van der Waals surface area contributed by atoms with Crippen LogP contribution in [0, 0.1) is 5.82 Å². The third-order valence-electron chi connectivity index (χ3n) is 6.40. The summed E-state index contributed by atoms with van der Waals surface area (Å²) in [5.41, 5.74) is 5.27. The van der Waals surface area contributed by atoms with Gasteiger partial charge in [0.2, 0.25) is 5.91 Å². The summed E-state index contributed by atoms with van der Waals surface area (Å²) in [5.74, 6) is 0.518. The Bertz CT molecular complexity index is 1180. The first-order chi connectivity index (χ1) is 16.6. The number of rotatable bonds is 6. The van der Waals surface area contributed by atoms with Gasteiger partial charge in [-0.3, -0.25) is 9.69 Å². The highest BCUT2D eigenvalue weighted by Crippen LogP contribution is 2.34. The number of benzene rings is 3. The number of fused-ring (bicyclic) bond motifs is 2. The van der Waals surface area contributed by atoms with Crippen molar-refractivity contribution in [1.29, 1.82) is 0 Å². The lowest BCUT2D eigenvalue weighted by Crippen LogP contribution is -2.50. The fourth-order valence-corrected chi connectivity index (χ4v) is 4.96. The molecule has 2 aliphatic heterocycles. The first-order valence-electron chi connectivity index (χ1n) is 11.4. The molecule has 0 aliphatic carbocycles. The van der Waals surface area contributed by atoms with Gasteiger partial charge in [0.05, 0.1) is 12.6 Å². The molecule has 0 saturated heterocycles. The lowest BCUT2D eigenvalue weighted by molar-refractivity contribution is -0.127. The van der Waals surface area contributed by atoms with Crippen LogP contribution in [-0.2, 0) is 42.1 Å². The molecular formula is C27H26ClFN2O3. The second-order valence-corrected chi connectivity index (χ2v) is 9.16. The molecule has 0 fully saturated rings. The van der Waals surface area contributed by atoms with Crippen LogP contribution in [0.4, 0.5) is 4.39 Å². The Kier molecular flexibility index (Phi) is 6.81. The van der Waals surface area contributed by atoms with Gasteiger partial charge >= 0.3 is 0 Å². The van der Waals surface area contributed by atoms with Crippen molar-refractivity contribution in [3.05, 3.63) is 99.3 Å². The molecule has 3 aromatic rings. The molecule has 1 unspecified atom stereocenters. The highest BCUT2D eigenvalue weighted by molar-refractivity contribution is 6.30. The first-order valence-corrected chi connectivity index (χ1v) is 11.8. The van der Waals surface area contributed by atoms with Crippen LogP contribution in [0.3, 0.4) is 0 Å². The van der Waals surface area contributed by atoms with E-state index in [4.69, 9.17) is 21.1 Å². The molecule has 1 amide bonds. The fourth-order valence-electron chi connectivity index (χ4n) is 4.69. The molecule has 5 nitrogen and oxygen atoms in total. The molecule has 0 spiro atoms. The van der Waals surface area contributed by atoms with Crippen LogP contribution in [0.25, 0.3) is 0 Å². The van der Waals surface area contributed by atoms with Crippen molar-refractivity contribution in [1.82, 2.24) is 10.2 Å². The lowest BCUT2D eigenvalue weighted by atomic mass is 9.92. The average molecular weight is 481 g/mol. The standard InChI is InChI=1S/C27H26ClFN2O3/c28-23-11-21(26-22(12-23)16-33-17-34-26)15-31-14-20-4-2-1-3-19(20)13-25(31)27(32)30-10-9-18-5-7-24(29)8-6-18/h1-8,11-12,25H,9-10,13-17H2,(H,30,32). The molecule has 2 heterocycles. The molecule has 34 heavy (non-hydrogen) atoms. The molecule has 0 saturated carbocycles. The number of ether oxygens (including phenoxy) is 2. The van der Waals surface area contributed by atoms with Crippen LogP contribution in [0.1, 0.15) is 27.8 Å². The van der Waals surface area contributed by atoms with E-state index in [1.807, 2.05) is 24.3 Å². The number of hydrogen-bond donors (Lipinski definition) is 1. The minimum absolute atomic E-state index is 0.0169. The van der Waals surface area contributed by atoms with Crippen molar-refractivity contribution in [3.63, 3.8) is 0 Å². The quantitative estimate of drug-likeness (QED) is 0.559. The molecule has 1 N–H and O–H groups in total. The van der Waals surface area contributed by atoms with E-state index in [9.17, 15) is 9.18 Å². The van der Waals surface area contributed by atoms with E-state index in [-0.39, 0.29) is 24.6 Å². The summed E-state index contributed by atoms with van der Waals surface area (Å²) < 4.78 is 24.4. The Morgan fingerprint density at radius 2 is 1.88 bits per heavy atom. The molecular weight excluding hydrogens is 455 g/mol. The number of carbonyl (C=O) groups excluding carboxylic acids is 1. The van der Waals surface area contributed by atoms with E-state index in [1.54, 1.807) is 12.1 Å². The van der Waals surface area contributed by atoms with Crippen molar-refractivity contribution in [3.8, 4) is 5.75 Å². The van der Waals surface area contributed by atoms with Crippen LogP contribution in [0.15, 0.2) is 60.7 Å². The van der Waals surface area contributed by atoms with Gasteiger partial charge in [0.25, 0.3) is 0 Å². The van der Waals surface area contributed by atoms with Gasteiger partial charge in [-0.15, -0.1) is 0 Å². The second kappa shape index (κ2) is 10.1. The summed E-state index contributed by atoms with van der Waals surface area (Å²) >= 11 is 6.38. The second-order valence-electron chi connectivity index (χ2n) is 8.72. The largest absolute Gasteiger partial charge is 0.467 e. The zero-order valence-corrected chi connectivity index (χ0v) is 19.5. The predicted molar refractivity (Wildman–Crippen MR) is 128 cm³/mol. The van der Waals surface area contributed by atoms with Crippen LogP contribution < -0.4 is 10.1 Å². The Labute approximate surface area is 203 Å². The SMILES string of the molecule is O=C(NCCc1ccc(F)cc1)C1Cc2ccccc2CN1Cc1cc(Cl)cc2c1OCOC2. The van der Waals surface area contributed by atoms with Gasteiger partial charge in [-0.1, -0.05) is 48.0 Å². The normalized spacial score (nSPS) is 17.4. The minimum Gasteiger partial charge on any atom is -0.467 e. The Morgan fingerprint density at radius 3 is 2.71 bits per heavy atom. The number of halogens is 2. The van der Waals surface area contributed by atoms with Crippen LogP contribution in [0.2, 0.25) is 5.02 Å². The van der Waals surface area contributed by atoms with Crippen LogP contribution >= 0.6 is 11.6 Å². The molecule has 0 bridgehead atoms. The maximum atomic E-state index is 13.3. The molecule has 1 atom stereocenters. The van der Waals surface area contributed by atoms with Gasteiger partial charge in [0, 0.05) is 35.8 Å². The van der Waals surface area contributed by atoms with Gasteiger partial charge in [-0.25, -0.2) is 4.39 Å². The third kappa shape index (κ3) is 5.09. The zero-order valence-electron chi connectivity index (χ0n) is 18.7.